The first-order valence-corrected chi connectivity index (χ1v) is 10.2. The molecule has 154 valence electrons. The van der Waals surface area contributed by atoms with Crippen LogP contribution in [0.25, 0.3) is 16.8 Å². The highest BCUT2D eigenvalue weighted by Crippen LogP contribution is 2.27. The summed E-state index contributed by atoms with van der Waals surface area (Å²) < 4.78 is 7.91. The minimum absolute atomic E-state index is 0.0383. The van der Waals surface area contributed by atoms with Gasteiger partial charge in [0.1, 0.15) is 6.33 Å². The van der Waals surface area contributed by atoms with Crippen LogP contribution < -0.4 is 5.32 Å². The zero-order valence-corrected chi connectivity index (χ0v) is 18.7. The number of amides is 1. The van der Waals surface area contributed by atoms with E-state index in [1.165, 1.54) is 6.33 Å². The molecule has 0 fully saturated rings. The van der Waals surface area contributed by atoms with Crippen LogP contribution in [0.1, 0.15) is 48.4 Å². The van der Waals surface area contributed by atoms with Crippen LogP contribution in [0.3, 0.4) is 0 Å². The molecule has 0 aliphatic rings. The summed E-state index contributed by atoms with van der Waals surface area (Å²) in [6.45, 7) is 8.21. The Morgan fingerprint density at radius 1 is 1.27 bits per heavy atom. The molecule has 3 heterocycles. The van der Waals surface area contributed by atoms with Crippen LogP contribution in [0.4, 0.5) is 0 Å². The summed E-state index contributed by atoms with van der Waals surface area (Å²) in [6.07, 6.45) is 3.43. The van der Waals surface area contributed by atoms with Crippen LogP contribution >= 0.6 is 15.9 Å². The van der Waals surface area contributed by atoms with Crippen LogP contribution in [-0.2, 0) is 12.0 Å². The van der Waals surface area contributed by atoms with Crippen molar-refractivity contribution in [3.05, 3.63) is 64.1 Å². The van der Waals surface area contributed by atoms with E-state index in [0.29, 0.717) is 12.4 Å². The smallest absolute Gasteiger partial charge is 0.292 e. The van der Waals surface area contributed by atoms with Gasteiger partial charge in [-0.2, -0.15) is 10.1 Å². The Morgan fingerprint density at radius 2 is 2.07 bits per heavy atom. The molecular formula is C21H21BrN6O2. The van der Waals surface area contributed by atoms with E-state index in [2.05, 4.69) is 47.5 Å². The first-order valence-electron chi connectivity index (χ1n) is 9.43. The van der Waals surface area contributed by atoms with E-state index in [1.54, 1.807) is 4.52 Å². The number of halogens is 1. The highest BCUT2D eigenvalue weighted by molar-refractivity contribution is 9.10. The summed E-state index contributed by atoms with van der Waals surface area (Å²) in [6, 6.07) is 8.01. The summed E-state index contributed by atoms with van der Waals surface area (Å²) in [7, 11) is 0. The van der Waals surface area contributed by atoms with Crippen molar-refractivity contribution < 1.29 is 9.32 Å². The molecule has 0 saturated carbocycles. The van der Waals surface area contributed by atoms with Gasteiger partial charge in [-0.25, -0.2) is 9.50 Å². The van der Waals surface area contributed by atoms with Crippen LogP contribution in [0.15, 0.2) is 45.8 Å². The van der Waals surface area contributed by atoms with Gasteiger partial charge in [0.25, 0.3) is 11.7 Å². The Labute approximate surface area is 181 Å². The predicted octanol–water partition coefficient (Wildman–Crippen LogP) is 4.08. The van der Waals surface area contributed by atoms with Crippen molar-refractivity contribution >= 4 is 27.4 Å². The average Bonchev–Trinajstić information content (AvgIpc) is 3.32. The number of nitrogens with one attached hydrogen (secondary N) is 1. The maximum atomic E-state index is 12.4. The molecule has 0 atom stereocenters. The molecule has 0 saturated heterocycles. The average molecular weight is 469 g/mol. The Hall–Kier alpha value is -3.07. The molecule has 9 heteroatoms. The van der Waals surface area contributed by atoms with Gasteiger partial charge in [-0.15, -0.1) is 0 Å². The van der Waals surface area contributed by atoms with Gasteiger partial charge >= 0.3 is 0 Å². The lowest BCUT2D eigenvalue weighted by Gasteiger charge is -2.10. The van der Waals surface area contributed by atoms with Crippen molar-refractivity contribution in [1.29, 1.82) is 0 Å². The van der Waals surface area contributed by atoms with E-state index in [1.807, 2.05) is 52.1 Å². The summed E-state index contributed by atoms with van der Waals surface area (Å²) in [5.41, 5.74) is 4.47. The van der Waals surface area contributed by atoms with Gasteiger partial charge < -0.3 is 9.84 Å². The third-order valence-electron chi connectivity index (χ3n) is 4.70. The van der Waals surface area contributed by atoms with Gasteiger partial charge in [-0.3, -0.25) is 4.79 Å². The molecule has 1 N–H and O–H groups in total. The molecule has 0 bridgehead atoms. The second kappa shape index (κ2) is 7.64. The second-order valence-corrected chi connectivity index (χ2v) is 9.01. The molecule has 0 radical (unpaired) electrons. The first kappa shape index (κ1) is 20.2. The molecule has 4 aromatic rings. The number of carbonyl (C=O) groups is 1. The Balaban J connectivity index is 1.51. The monoisotopic (exact) mass is 468 g/mol. The van der Waals surface area contributed by atoms with Crippen molar-refractivity contribution in [3.63, 3.8) is 0 Å². The molecule has 8 nitrogen and oxygen atoms in total. The van der Waals surface area contributed by atoms with Gasteiger partial charge in [0, 0.05) is 28.2 Å². The fourth-order valence-corrected chi connectivity index (χ4v) is 3.45. The first-order chi connectivity index (χ1) is 14.2. The van der Waals surface area contributed by atoms with Gasteiger partial charge in [0.2, 0.25) is 5.89 Å². The summed E-state index contributed by atoms with van der Waals surface area (Å²) in [5.74, 6) is 0.103. The molecule has 0 aliphatic carbocycles. The van der Waals surface area contributed by atoms with Crippen LogP contribution in [0, 0.1) is 6.92 Å². The number of hydrogen-bond acceptors (Lipinski definition) is 6. The number of carbonyl (C=O) groups excluding carboxylic acids is 1. The molecular weight excluding hydrogens is 448 g/mol. The molecule has 4 rings (SSSR count). The Bertz CT molecular complexity index is 1240. The highest BCUT2D eigenvalue weighted by Gasteiger charge is 2.24. The van der Waals surface area contributed by atoms with Crippen molar-refractivity contribution in [2.75, 3.05) is 0 Å². The highest BCUT2D eigenvalue weighted by atomic mass is 79.9. The van der Waals surface area contributed by atoms with Crippen LogP contribution in [0.2, 0.25) is 0 Å². The minimum Gasteiger partial charge on any atom is -0.345 e. The van der Waals surface area contributed by atoms with E-state index < -0.39 is 0 Å². The topological polar surface area (TPSA) is 98.2 Å². The van der Waals surface area contributed by atoms with Crippen molar-refractivity contribution in [2.24, 2.45) is 0 Å². The maximum absolute atomic E-state index is 12.4. The summed E-state index contributed by atoms with van der Waals surface area (Å²) >= 11 is 3.48. The third kappa shape index (κ3) is 3.97. The minimum atomic E-state index is -0.367. The lowest BCUT2D eigenvalue weighted by molar-refractivity contribution is 0.0937. The van der Waals surface area contributed by atoms with Crippen molar-refractivity contribution in [1.82, 2.24) is 30.1 Å². The van der Waals surface area contributed by atoms with Crippen LogP contribution in [0.5, 0.6) is 0 Å². The van der Waals surface area contributed by atoms with Crippen molar-refractivity contribution in [2.45, 2.75) is 39.7 Å². The van der Waals surface area contributed by atoms with Crippen LogP contribution in [-0.4, -0.2) is 30.6 Å². The largest absolute Gasteiger partial charge is 0.345 e. The number of hydrogen-bond donors (Lipinski definition) is 1. The van der Waals surface area contributed by atoms with Gasteiger partial charge in [-0.1, -0.05) is 38.1 Å². The Morgan fingerprint density at radius 3 is 2.77 bits per heavy atom. The van der Waals surface area contributed by atoms with Gasteiger partial charge in [-0.05, 0) is 46.1 Å². The fraction of sp³-hybridized carbons (Fsp3) is 0.286. The van der Waals surface area contributed by atoms with Gasteiger partial charge in [0.05, 0.1) is 11.2 Å². The third-order valence-corrected chi connectivity index (χ3v) is 5.13. The van der Waals surface area contributed by atoms with E-state index in [0.717, 1.165) is 32.4 Å². The number of rotatable bonds is 4. The predicted molar refractivity (Wildman–Crippen MR) is 115 cm³/mol. The number of benzene rings is 1. The fourth-order valence-electron chi connectivity index (χ4n) is 3.04. The molecule has 0 unspecified atom stereocenters. The zero-order valence-electron chi connectivity index (χ0n) is 17.1. The van der Waals surface area contributed by atoms with Crippen molar-refractivity contribution in [3.8, 4) is 11.3 Å². The number of aromatic nitrogens is 5. The molecule has 0 spiro atoms. The SMILES string of the molecule is Cc1cc(-c2ncnn3cc(Br)cc23)ccc1CNC(=O)c1noc(C(C)(C)C)n1. The number of nitrogens with zero attached hydrogens (tertiary/aromatic N) is 5. The molecule has 1 aromatic carbocycles. The number of aryl methyl sites for hydroxylation is 1. The summed E-state index contributed by atoms with van der Waals surface area (Å²) in [4.78, 5) is 21.0. The Kier molecular flexibility index (Phi) is 5.15. The van der Waals surface area contributed by atoms with E-state index in [4.69, 9.17) is 4.52 Å². The molecule has 0 aliphatic heterocycles. The quantitative estimate of drug-likeness (QED) is 0.484. The molecule has 3 aromatic heterocycles. The zero-order chi connectivity index (χ0) is 21.5. The maximum Gasteiger partial charge on any atom is 0.292 e. The lowest BCUT2D eigenvalue weighted by atomic mass is 9.97. The lowest BCUT2D eigenvalue weighted by Crippen LogP contribution is -2.24. The normalized spacial score (nSPS) is 11.8. The standard InChI is InChI=1S/C21H21BrN6O2/c1-12-7-13(17-16-8-15(22)10-28(16)25-11-24-17)5-6-14(12)9-23-19(29)18-26-20(30-27-18)21(2,3)4/h5-8,10-11H,9H2,1-4H3,(H,23,29). The van der Waals surface area contributed by atoms with Gasteiger partial charge in [0.15, 0.2) is 0 Å². The van der Waals surface area contributed by atoms with E-state index >= 15 is 0 Å². The molecule has 30 heavy (non-hydrogen) atoms. The van der Waals surface area contributed by atoms with E-state index in [-0.39, 0.29) is 17.1 Å². The van der Waals surface area contributed by atoms with E-state index in [9.17, 15) is 4.79 Å². The number of fused-ring (bicyclic) bond motifs is 1. The second-order valence-electron chi connectivity index (χ2n) is 8.09. The summed E-state index contributed by atoms with van der Waals surface area (Å²) in [5, 5.41) is 10.9. The molecule has 1 amide bonds.